The van der Waals surface area contributed by atoms with Crippen molar-refractivity contribution in [2.75, 3.05) is 29.2 Å². The van der Waals surface area contributed by atoms with Crippen molar-refractivity contribution in [2.24, 2.45) is 0 Å². The first-order chi connectivity index (χ1) is 9.69. The first-order valence-electron chi connectivity index (χ1n) is 7.24. The summed E-state index contributed by atoms with van der Waals surface area (Å²) in [6.07, 6.45) is 1.26. The molecule has 0 aromatic carbocycles. The van der Waals surface area contributed by atoms with E-state index in [9.17, 15) is 8.42 Å². The van der Waals surface area contributed by atoms with Crippen LogP contribution in [0.25, 0.3) is 0 Å². The molecule has 1 aromatic rings. The van der Waals surface area contributed by atoms with Crippen LogP contribution in [0.15, 0.2) is 6.07 Å². The van der Waals surface area contributed by atoms with Crippen LogP contribution in [-0.2, 0) is 15.3 Å². The van der Waals surface area contributed by atoms with Crippen LogP contribution in [0.3, 0.4) is 0 Å². The van der Waals surface area contributed by atoms with Gasteiger partial charge in [-0.15, -0.1) is 0 Å². The van der Waals surface area contributed by atoms with Crippen molar-refractivity contribution >= 4 is 21.5 Å². The summed E-state index contributed by atoms with van der Waals surface area (Å²) in [4.78, 5) is 9.05. The summed E-state index contributed by atoms with van der Waals surface area (Å²) < 4.78 is 22.9. The van der Waals surface area contributed by atoms with Crippen LogP contribution in [0.5, 0.6) is 0 Å². The molecule has 0 spiro atoms. The van der Waals surface area contributed by atoms with E-state index in [-0.39, 0.29) is 23.0 Å². The summed E-state index contributed by atoms with van der Waals surface area (Å²) >= 11 is 0. The smallest absolute Gasteiger partial charge is 0.150 e. The van der Waals surface area contributed by atoms with Crippen LogP contribution in [-0.4, -0.2) is 43.0 Å². The molecule has 0 aliphatic carbocycles. The van der Waals surface area contributed by atoms with Gasteiger partial charge in [0.25, 0.3) is 0 Å². The second-order valence-electron chi connectivity index (χ2n) is 6.53. The third-order valence-corrected chi connectivity index (χ3v) is 5.28. The highest BCUT2D eigenvalue weighted by atomic mass is 32.2. The molecular formula is C14H24N4O2S. The molecule has 1 fully saturated rings. The van der Waals surface area contributed by atoms with Gasteiger partial charge in [-0.25, -0.2) is 18.4 Å². The van der Waals surface area contributed by atoms with Gasteiger partial charge in [-0.3, -0.25) is 0 Å². The normalized spacial score (nSPS) is 19.2. The second kappa shape index (κ2) is 5.79. The molecule has 2 N–H and O–H groups in total. The maximum absolute atomic E-state index is 11.5. The summed E-state index contributed by atoms with van der Waals surface area (Å²) in [5, 5.41) is 6.39. The lowest BCUT2D eigenvalue weighted by molar-refractivity contribution is 0.543. The van der Waals surface area contributed by atoms with E-state index in [0.717, 1.165) is 17.5 Å². The Morgan fingerprint density at radius 1 is 1.14 bits per heavy atom. The predicted octanol–water partition coefficient (Wildman–Crippen LogP) is 1.80. The Hall–Kier alpha value is -1.37. The molecule has 0 amide bonds. The monoisotopic (exact) mass is 312 g/mol. The summed E-state index contributed by atoms with van der Waals surface area (Å²) in [5.41, 5.74) is -0.140. The van der Waals surface area contributed by atoms with E-state index >= 15 is 0 Å². The van der Waals surface area contributed by atoms with Crippen molar-refractivity contribution in [3.8, 4) is 0 Å². The Morgan fingerprint density at radius 3 is 2.24 bits per heavy atom. The summed E-state index contributed by atoms with van der Waals surface area (Å²) in [5.74, 6) is 2.78. The Bertz CT molecular complexity index is 594. The Balaban J connectivity index is 2.16. The van der Waals surface area contributed by atoms with E-state index in [1.54, 1.807) is 0 Å². The molecule has 118 valence electrons. The number of anilines is 2. The molecule has 0 unspecified atom stereocenters. The molecule has 0 atom stereocenters. The largest absolute Gasteiger partial charge is 0.373 e. The SMILES string of the molecule is CNc1cc(NC2CCS(=O)(=O)CC2)nc(C(C)(C)C)n1. The molecule has 1 aliphatic rings. The fourth-order valence-electron chi connectivity index (χ4n) is 2.23. The van der Waals surface area contributed by atoms with E-state index in [0.29, 0.717) is 12.8 Å². The van der Waals surface area contributed by atoms with Crippen molar-refractivity contribution in [2.45, 2.75) is 45.1 Å². The van der Waals surface area contributed by atoms with Gasteiger partial charge in [0.05, 0.1) is 11.5 Å². The molecule has 1 saturated heterocycles. The van der Waals surface area contributed by atoms with Crippen molar-refractivity contribution in [3.05, 3.63) is 11.9 Å². The quantitative estimate of drug-likeness (QED) is 0.885. The van der Waals surface area contributed by atoms with Crippen LogP contribution < -0.4 is 10.6 Å². The number of hydrogen-bond acceptors (Lipinski definition) is 6. The molecule has 6 nitrogen and oxygen atoms in total. The molecule has 21 heavy (non-hydrogen) atoms. The average molecular weight is 312 g/mol. The average Bonchev–Trinajstić information content (AvgIpc) is 2.40. The van der Waals surface area contributed by atoms with Crippen LogP contribution in [0.4, 0.5) is 11.6 Å². The Labute approximate surface area is 126 Å². The zero-order chi connectivity index (χ0) is 15.7. The Kier molecular flexibility index (Phi) is 4.41. The van der Waals surface area contributed by atoms with Gasteiger partial charge in [-0.1, -0.05) is 20.8 Å². The highest BCUT2D eigenvalue weighted by Crippen LogP contribution is 2.24. The van der Waals surface area contributed by atoms with Crippen molar-refractivity contribution in [1.82, 2.24) is 9.97 Å². The van der Waals surface area contributed by atoms with Crippen molar-refractivity contribution in [1.29, 1.82) is 0 Å². The molecule has 0 saturated carbocycles. The standard InChI is InChI=1S/C14H24N4O2S/c1-14(2,3)13-17-11(15-4)9-12(18-13)16-10-5-7-21(19,20)8-6-10/h9-10H,5-8H2,1-4H3,(H2,15,16,17,18). The minimum Gasteiger partial charge on any atom is -0.373 e. The number of nitrogens with one attached hydrogen (secondary N) is 2. The first-order valence-corrected chi connectivity index (χ1v) is 9.06. The number of rotatable bonds is 3. The fraction of sp³-hybridized carbons (Fsp3) is 0.714. The van der Waals surface area contributed by atoms with Crippen LogP contribution in [0.2, 0.25) is 0 Å². The van der Waals surface area contributed by atoms with E-state index in [1.807, 2.05) is 13.1 Å². The fourth-order valence-corrected chi connectivity index (χ4v) is 3.72. The molecule has 0 bridgehead atoms. The van der Waals surface area contributed by atoms with E-state index in [4.69, 9.17) is 0 Å². The Morgan fingerprint density at radius 2 is 1.71 bits per heavy atom. The highest BCUT2D eigenvalue weighted by molar-refractivity contribution is 7.91. The van der Waals surface area contributed by atoms with Gasteiger partial charge in [-0.05, 0) is 12.8 Å². The zero-order valence-corrected chi connectivity index (χ0v) is 13.9. The number of hydrogen-bond donors (Lipinski definition) is 2. The van der Waals surface area contributed by atoms with Crippen LogP contribution >= 0.6 is 0 Å². The van der Waals surface area contributed by atoms with Gasteiger partial charge < -0.3 is 10.6 Å². The lowest BCUT2D eigenvalue weighted by Gasteiger charge is -2.25. The van der Waals surface area contributed by atoms with E-state index < -0.39 is 9.84 Å². The van der Waals surface area contributed by atoms with E-state index in [1.165, 1.54) is 0 Å². The molecule has 7 heteroatoms. The van der Waals surface area contributed by atoms with E-state index in [2.05, 4.69) is 41.4 Å². The lowest BCUT2D eigenvalue weighted by Crippen LogP contribution is -2.32. The van der Waals surface area contributed by atoms with Gasteiger partial charge in [-0.2, -0.15) is 0 Å². The zero-order valence-electron chi connectivity index (χ0n) is 13.1. The lowest BCUT2D eigenvalue weighted by atomic mass is 9.96. The number of aromatic nitrogens is 2. The first kappa shape index (κ1) is 16.0. The van der Waals surface area contributed by atoms with Crippen LogP contribution in [0, 0.1) is 0 Å². The number of sulfone groups is 1. The predicted molar refractivity (Wildman–Crippen MR) is 85.6 cm³/mol. The highest BCUT2D eigenvalue weighted by Gasteiger charge is 2.25. The molecule has 1 aromatic heterocycles. The molecule has 2 heterocycles. The summed E-state index contributed by atoms with van der Waals surface area (Å²) in [6, 6.07) is 2.01. The summed E-state index contributed by atoms with van der Waals surface area (Å²) in [6.45, 7) is 6.20. The third-order valence-electron chi connectivity index (χ3n) is 3.56. The molecule has 0 radical (unpaired) electrons. The topological polar surface area (TPSA) is 84.0 Å². The van der Waals surface area contributed by atoms with Crippen molar-refractivity contribution in [3.63, 3.8) is 0 Å². The van der Waals surface area contributed by atoms with Crippen molar-refractivity contribution < 1.29 is 8.42 Å². The van der Waals surface area contributed by atoms with Gasteiger partial charge in [0.15, 0.2) is 0 Å². The summed E-state index contributed by atoms with van der Waals surface area (Å²) in [7, 11) is -1.01. The minimum absolute atomic E-state index is 0.140. The minimum atomic E-state index is -2.84. The van der Waals surface area contributed by atoms with Gasteiger partial charge in [0, 0.05) is 24.6 Å². The third kappa shape index (κ3) is 4.30. The molecule has 1 aliphatic heterocycles. The van der Waals surface area contributed by atoms with Gasteiger partial charge in [0.1, 0.15) is 27.3 Å². The van der Waals surface area contributed by atoms with Gasteiger partial charge >= 0.3 is 0 Å². The molecule has 2 rings (SSSR count). The van der Waals surface area contributed by atoms with Crippen LogP contribution in [0.1, 0.15) is 39.4 Å². The molecular weight excluding hydrogens is 288 g/mol. The maximum atomic E-state index is 11.5. The number of nitrogens with zero attached hydrogens (tertiary/aromatic N) is 2. The van der Waals surface area contributed by atoms with Gasteiger partial charge in [0.2, 0.25) is 0 Å². The second-order valence-corrected chi connectivity index (χ2v) is 8.84. The maximum Gasteiger partial charge on any atom is 0.150 e.